The summed E-state index contributed by atoms with van der Waals surface area (Å²) in [6.45, 7) is 0. The Hall–Kier alpha value is -2.10. The Morgan fingerprint density at radius 3 is 2.93 bits per heavy atom. The number of carbonyl (C=O) groups excluding carboxylic acids is 1. The molecule has 4 heteroatoms. The van der Waals surface area contributed by atoms with E-state index in [1.807, 2.05) is 6.07 Å². The first-order valence-electron chi connectivity index (χ1n) is 4.48. The molecule has 15 heavy (non-hydrogen) atoms. The van der Waals surface area contributed by atoms with Gasteiger partial charge in [-0.25, -0.2) is 4.68 Å². The van der Waals surface area contributed by atoms with E-state index in [4.69, 9.17) is 4.74 Å². The van der Waals surface area contributed by atoms with Crippen molar-refractivity contribution < 1.29 is 9.53 Å². The zero-order chi connectivity index (χ0) is 10.7. The van der Waals surface area contributed by atoms with Crippen LogP contribution in [0.1, 0.15) is 10.4 Å². The predicted molar refractivity (Wildman–Crippen MR) is 55.5 cm³/mol. The number of nitrogens with zero attached hydrogens (tertiary/aromatic N) is 2. The highest BCUT2D eigenvalue weighted by molar-refractivity contribution is 5.77. The van der Waals surface area contributed by atoms with Gasteiger partial charge in [-0.15, -0.1) is 0 Å². The topological polar surface area (TPSA) is 44.1 Å². The minimum atomic E-state index is 0.598. The van der Waals surface area contributed by atoms with E-state index < -0.39 is 0 Å². The molecule has 2 rings (SSSR count). The van der Waals surface area contributed by atoms with E-state index >= 15 is 0 Å². The van der Waals surface area contributed by atoms with Gasteiger partial charge in [0.15, 0.2) is 0 Å². The van der Waals surface area contributed by atoms with Gasteiger partial charge in [-0.3, -0.25) is 4.79 Å². The lowest BCUT2D eigenvalue weighted by Crippen LogP contribution is -1.99. The normalized spacial score (nSPS) is 9.93. The highest BCUT2D eigenvalue weighted by Crippen LogP contribution is 2.22. The van der Waals surface area contributed by atoms with Crippen LogP contribution in [0.3, 0.4) is 0 Å². The van der Waals surface area contributed by atoms with Gasteiger partial charge in [-0.1, -0.05) is 0 Å². The average Bonchev–Trinajstić information content (AvgIpc) is 2.81. The Morgan fingerprint density at radius 2 is 2.33 bits per heavy atom. The van der Waals surface area contributed by atoms with Crippen molar-refractivity contribution in [3.8, 4) is 11.4 Å². The van der Waals surface area contributed by atoms with E-state index in [2.05, 4.69) is 5.10 Å². The Kier molecular flexibility index (Phi) is 2.49. The minimum Gasteiger partial charge on any atom is -0.494 e. The fraction of sp³-hybridized carbons (Fsp3) is 0.0909. The van der Waals surface area contributed by atoms with E-state index in [1.165, 1.54) is 0 Å². The summed E-state index contributed by atoms with van der Waals surface area (Å²) in [5, 5.41) is 4.09. The second kappa shape index (κ2) is 3.96. The fourth-order valence-electron chi connectivity index (χ4n) is 1.37. The number of carbonyl (C=O) groups is 1. The second-order valence-electron chi connectivity index (χ2n) is 3.00. The number of rotatable bonds is 3. The third-order valence-corrected chi connectivity index (χ3v) is 2.09. The van der Waals surface area contributed by atoms with Crippen LogP contribution < -0.4 is 4.74 Å². The standard InChI is InChI=1S/C11H10N2O2/c1-15-11-4-3-9(8-14)7-10(11)13-6-2-5-12-13/h2-8H,1H3. The molecule has 0 atom stereocenters. The molecule has 0 saturated carbocycles. The number of hydrogen-bond acceptors (Lipinski definition) is 3. The van der Waals surface area contributed by atoms with Crippen molar-refractivity contribution >= 4 is 6.29 Å². The van der Waals surface area contributed by atoms with E-state index in [0.29, 0.717) is 11.3 Å². The Balaban J connectivity index is 2.56. The Bertz CT molecular complexity index is 463. The van der Waals surface area contributed by atoms with Crippen molar-refractivity contribution in [1.29, 1.82) is 0 Å². The van der Waals surface area contributed by atoms with E-state index in [-0.39, 0.29) is 0 Å². The molecule has 0 unspecified atom stereocenters. The van der Waals surface area contributed by atoms with Crippen molar-refractivity contribution in [2.45, 2.75) is 0 Å². The molecule has 1 heterocycles. The van der Waals surface area contributed by atoms with Crippen LogP contribution in [0.15, 0.2) is 36.7 Å². The van der Waals surface area contributed by atoms with E-state index in [1.54, 1.807) is 42.4 Å². The maximum absolute atomic E-state index is 10.7. The first-order valence-corrected chi connectivity index (χ1v) is 4.48. The molecule has 0 fully saturated rings. The second-order valence-corrected chi connectivity index (χ2v) is 3.00. The molecule has 4 nitrogen and oxygen atoms in total. The van der Waals surface area contributed by atoms with Crippen molar-refractivity contribution in [3.63, 3.8) is 0 Å². The zero-order valence-corrected chi connectivity index (χ0v) is 8.25. The van der Waals surface area contributed by atoms with Gasteiger partial charge in [0.2, 0.25) is 0 Å². The highest BCUT2D eigenvalue weighted by atomic mass is 16.5. The predicted octanol–water partition coefficient (Wildman–Crippen LogP) is 1.69. The number of benzene rings is 1. The number of ether oxygens (including phenoxy) is 1. The summed E-state index contributed by atoms with van der Waals surface area (Å²) in [4.78, 5) is 10.7. The van der Waals surface area contributed by atoms with Crippen LogP contribution in [0.25, 0.3) is 5.69 Å². The quantitative estimate of drug-likeness (QED) is 0.711. The maximum atomic E-state index is 10.7. The van der Waals surface area contributed by atoms with Crippen LogP contribution in [0.2, 0.25) is 0 Å². The van der Waals surface area contributed by atoms with Gasteiger partial charge < -0.3 is 4.74 Å². The lowest BCUT2D eigenvalue weighted by Gasteiger charge is -2.08. The zero-order valence-electron chi connectivity index (χ0n) is 8.25. The number of aldehydes is 1. The third-order valence-electron chi connectivity index (χ3n) is 2.09. The van der Waals surface area contributed by atoms with Crippen LogP contribution in [-0.4, -0.2) is 23.2 Å². The molecule has 2 aromatic rings. The summed E-state index contributed by atoms with van der Waals surface area (Å²) in [5.74, 6) is 0.685. The van der Waals surface area contributed by atoms with Gasteiger partial charge in [-0.2, -0.15) is 5.10 Å². The molecule has 0 amide bonds. The Morgan fingerprint density at radius 1 is 1.47 bits per heavy atom. The van der Waals surface area contributed by atoms with Gasteiger partial charge in [0.1, 0.15) is 17.7 Å². The largest absolute Gasteiger partial charge is 0.494 e. The molecule has 0 bridgehead atoms. The molecule has 0 spiro atoms. The van der Waals surface area contributed by atoms with Gasteiger partial charge in [0.05, 0.1) is 7.11 Å². The summed E-state index contributed by atoms with van der Waals surface area (Å²) >= 11 is 0. The molecule has 76 valence electrons. The first kappa shape index (κ1) is 9.45. The first-order chi connectivity index (χ1) is 7.35. The molecule has 0 aliphatic carbocycles. The van der Waals surface area contributed by atoms with Crippen molar-refractivity contribution in [2.75, 3.05) is 7.11 Å². The van der Waals surface area contributed by atoms with Crippen molar-refractivity contribution in [2.24, 2.45) is 0 Å². The van der Waals surface area contributed by atoms with Crippen LogP contribution in [0.5, 0.6) is 5.75 Å². The van der Waals surface area contributed by atoms with Crippen LogP contribution in [0.4, 0.5) is 0 Å². The Labute approximate surface area is 87.1 Å². The summed E-state index contributed by atoms with van der Waals surface area (Å²) in [6, 6.07) is 7.01. The summed E-state index contributed by atoms with van der Waals surface area (Å²) in [6.07, 6.45) is 4.27. The lowest BCUT2D eigenvalue weighted by molar-refractivity contribution is 0.112. The molecule has 0 radical (unpaired) electrons. The molecular formula is C11H10N2O2. The molecule has 0 saturated heterocycles. The maximum Gasteiger partial charge on any atom is 0.150 e. The van der Waals surface area contributed by atoms with Crippen LogP contribution in [0, 0.1) is 0 Å². The third kappa shape index (κ3) is 1.74. The number of aromatic nitrogens is 2. The molecule has 0 N–H and O–H groups in total. The van der Waals surface area contributed by atoms with Gasteiger partial charge >= 0.3 is 0 Å². The summed E-state index contributed by atoms with van der Waals surface area (Å²) in [5.41, 5.74) is 1.36. The lowest BCUT2D eigenvalue weighted by atomic mass is 10.2. The molecule has 0 aliphatic rings. The van der Waals surface area contributed by atoms with Crippen LogP contribution >= 0.6 is 0 Å². The highest BCUT2D eigenvalue weighted by Gasteiger charge is 2.06. The summed E-state index contributed by atoms with van der Waals surface area (Å²) in [7, 11) is 1.59. The molecule has 1 aromatic carbocycles. The molecular weight excluding hydrogens is 192 g/mol. The smallest absolute Gasteiger partial charge is 0.150 e. The monoisotopic (exact) mass is 202 g/mol. The van der Waals surface area contributed by atoms with Crippen molar-refractivity contribution in [3.05, 3.63) is 42.2 Å². The molecule has 0 aliphatic heterocycles. The van der Waals surface area contributed by atoms with Crippen LogP contribution in [-0.2, 0) is 0 Å². The number of hydrogen-bond donors (Lipinski definition) is 0. The van der Waals surface area contributed by atoms with Gasteiger partial charge in [-0.05, 0) is 24.3 Å². The van der Waals surface area contributed by atoms with Gasteiger partial charge in [0, 0.05) is 18.0 Å². The van der Waals surface area contributed by atoms with E-state index in [9.17, 15) is 4.79 Å². The minimum absolute atomic E-state index is 0.598. The van der Waals surface area contributed by atoms with E-state index in [0.717, 1.165) is 12.0 Å². The molecule has 1 aromatic heterocycles. The fourth-order valence-corrected chi connectivity index (χ4v) is 1.37. The van der Waals surface area contributed by atoms with Gasteiger partial charge in [0.25, 0.3) is 0 Å². The number of methoxy groups -OCH3 is 1. The average molecular weight is 202 g/mol. The summed E-state index contributed by atoms with van der Waals surface area (Å²) < 4.78 is 6.85. The van der Waals surface area contributed by atoms with Crippen molar-refractivity contribution in [1.82, 2.24) is 9.78 Å². The SMILES string of the molecule is COc1ccc(C=O)cc1-n1cccn1.